The minimum Gasteiger partial charge on any atom is -0.478 e. The first-order chi connectivity index (χ1) is 10.5. The summed E-state index contributed by atoms with van der Waals surface area (Å²) in [6, 6.07) is 12.5. The van der Waals surface area contributed by atoms with Crippen LogP contribution in [0.25, 0.3) is 10.9 Å². The number of H-pyrrole nitrogens is 1. The summed E-state index contributed by atoms with van der Waals surface area (Å²) in [4.78, 5) is 27.2. The lowest BCUT2D eigenvalue weighted by atomic mass is 10.0. The molecule has 1 aromatic heterocycles. The van der Waals surface area contributed by atoms with E-state index in [1.807, 2.05) is 32.0 Å². The van der Waals surface area contributed by atoms with Gasteiger partial charge in [-0.3, -0.25) is 4.79 Å². The Labute approximate surface area is 127 Å². The third kappa shape index (κ3) is 2.29. The van der Waals surface area contributed by atoms with Gasteiger partial charge in [0.2, 0.25) is 5.78 Å². The Morgan fingerprint density at radius 3 is 2.23 bits per heavy atom. The number of carbonyl (C=O) groups is 2. The van der Waals surface area contributed by atoms with Gasteiger partial charge in [0.1, 0.15) is 5.69 Å². The van der Waals surface area contributed by atoms with Crippen molar-refractivity contribution in [3.8, 4) is 0 Å². The van der Waals surface area contributed by atoms with Crippen molar-refractivity contribution in [2.24, 2.45) is 0 Å². The SMILES string of the molecule is Cc1ccc(C(=O)c2[nH]c3ccc(C)cc3c2C(=O)O)cc1. The van der Waals surface area contributed by atoms with E-state index in [1.54, 1.807) is 24.3 Å². The van der Waals surface area contributed by atoms with Crippen molar-refractivity contribution in [3.05, 3.63) is 70.4 Å². The molecule has 0 atom stereocenters. The third-order valence-corrected chi connectivity index (χ3v) is 3.71. The summed E-state index contributed by atoms with van der Waals surface area (Å²) in [6.07, 6.45) is 0. The molecular weight excluding hydrogens is 278 g/mol. The van der Waals surface area contributed by atoms with E-state index in [9.17, 15) is 14.7 Å². The fraction of sp³-hybridized carbons (Fsp3) is 0.111. The van der Waals surface area contributed by atoms with Crippen LogP contribution in [0.4, 0.5) is 0 Å². The molecule has 0 saturated heterocycles. The first kappa shape index (κ1) is 14.1. The van der Waals surface area contributed by atoms with E-state index in [0.717, 1.165) is 11.1 Å². The zero-order valence-corrected chi connectivity index (χ0v) is 12.3. The van der Waals surface area contributed by atoms with Gasteiger partial charge >= 0.3 is 5.97 Å². The van der Waals surface area contributed by atoms with Crippen LogP contribution in [0.15, 0.2) is 42.5 Å². The maximum Gasteiger partial charge on any atom is 0.338 e. The molecule has 0 spiro atoms. The highest BCUT2D eigenvalue weighted by Crippen LogP contribution is 2.25. The van der Waals surface area contributed by atoms with Gasteiger partial charge in [0.05, 0.1) is 5.56 Å². The second kappa shape index (κ2) is 5.15. The summed E-state index contributed by atoms with van der Waals surface area (Å²) < 4.78 is 0. The second-order valence-corrected chi connectivity index (χ2v) is 5.42. The Balaban J connectivity index is 2.21. The molecular formula is C18H15NO3. The van der Waals surface area contributed by atoms with Gasteiger partial charge in [-0.1, -0.05) is 41.5 Å². The Morgan fingerprint density at radius 1 is 0.955 bits per heavy atom. The van der Waals surface area contributed by atoms with Gasteiger partial charge in [0, 0.05) is 16.5 Å². The number of fused-ring (bicyclic) bond motifs is 1. The van der Waals surface area contributed by atoms with E-state index in [4.69, 9.17) is 0 Å². The van der Waals surface area contributed by atoms with Crippen molar-refractivity contribution in [1.82, 2.24) is 4.98 Å². The lowest BCUT2D eigenvalue weighted by molar-refractivity contribution is 0.0695. The first-order valence-corrected chi connectivity index (χ1v) is 6.94. The Hall–Kier alpha value is -2.88. The number of aryl methyl sites for hydroxylation is 2. The van der Waals surface area contributed by atoms with Crippen molar-refractivity contribution < 1.29 is 14.7 Å². The van der Waals surface area contributed by atoms with E-state index in [-0.39, 0.29) is 17.0 Å². The highest BCUT2D eigenvalue weighted by molar-refractivity contribution is 6.18. The number of aromatic carboxylic acids is 1. The van der Waals surface area contributed by atoms with Crippen molar-refractivity contribution >= 4 is 22.7 Å². The van der Waals surface area contributed by atoms with E-state index in [2.05, 4.69) is 4.98 Å². The normalized spacial score (nSPS) is 10.8. The molecule has 0 amide bonds. The van der Waals surface area contributed by atoms with E-state index >= 15 is 0 Å². The molecule has 22 heavy (non-hydrogen) atoms. The predicted octanol–water partition coefficient (Wildman–Crippen LogP) is 3.71. The summed E-state index contributed by atoms with van der Waals surface area (Å²) in [7, 11) is 0. The Bertz CT molecular complexity index is 889. The number of aromatic nitrogens is 1. The van der Waals surface area contributed by atoms with Gasteiger partial charge in [0.15, 0.2) is 0 Å². The molecule has 0 bridgehead atoms. The molecule has 1 heterocycles. The number of hydrogen-bond donors (Lipinski definition) is 2. The predicted molar refractivity (Wildman–Crippen MR) is 84.6 cm³/mol. The number of aromatic amines is 1. The topological polar surface area (TPSA) is 70.2 Å². The highest BCUT2D eigenvalue weighted by atomic mass is 16.4. The molecule has 4 nitrogen and oxygen atoms in total. The summed E-state index contributed by atoms with van der Waals surface area (Å²) in [5.41, 5.74) is 3.27. The van der Waals surface area contributed by atoms with Gasteiger partial charge < -0.3 is 10.1 Å². The number of carboxylic acids is 1. The van der Waals surface area contributed by atoms with E-state index in [0.29, 0.717) is 16.5 Å². The van der Waals surface area contributed by atoms with Crippen molar-refractivity contribution in [1.29, 1.82) is 0 Å². The average molecular weight is 293 g/mol. The van der Waals surface area contributed by atoms with Crippen LogP contribution >= 0.6 is 0 Å². The molecule has 110 valence electrons. The highest BCUT2D eigenvalue weighted by Gasteiger charge is 2.23. The van der Waals surface area contributed by atoms with Gasteiger partial charge in [0.25, 0.3) is 0 Å². The van der Waals surface area contributed by atoms with Gasteiger partial charge in [-0.2, -0.15) is 0 Å². The lowest BCUT2D eigenvalue weighted by Crippen LogP contribution is -2.08. The number of benzene rings is 2. The zero-order chi connectivity index (χ0) is 15.9. The number of rotatable bonds is 3. The minimum atomic E-state index is -1.10. The van der Waals surface area contributed by atoms with Crippen LogP contribution in [-0.2, 0) is 0 Å². The standard InChI is InChI=1S/C18H15NO3/c1-10-3-6-12(7-4-10)17(20)16-15(18(21)22)13-9-11(2)5-8-14(13)19-16/h3-9,19H,1-2H3,(H,21,22). The second-order valence-electron chi connectivity index (χ2n) is 5.42. The number of nitrogens with one attached hydrogen (secondary N) is 1. The monoisotopic (exact) mass is 293 g/mol. The molecule has 0 fully saturated rings. The third-order valence-electron chi connectivity index (χ3n) is 3.71. The van der Waals surface area contributed by atoms with Crippen LogP contribution in [0, 0.1) is 13.8 Å². The number of ketones is 1. The van der Waals surface area contributed by atoms with Crippen LogP contribution in [0.3, 0.4) is 0 Å². The molecule has 0 aliphatic rings. The molecule has 0 unspecified atom stereocenters. The zero-order valence-electron chi connectivity index (χ0n) is 12.3. The summed E-state index contributed by atoms with van der Waals surface area (Å²) in [5.74, 6) is -1.42. The molecule has 2 N–H and O–H groups in total. The minimum absolute atomic E-state index is 0.0317. The number of carbonyl (C=O) groups excluding carboxylic acids is 1. The molecule has 0 saturated carbocycles. The summed E-state index contributed by atoms with van der Waals surface area (Å²) in [6.45, 7) is 3.82. The molecule has 3 aromatic rings. The van der Waals surface area contributed by atoms with Crippen molar-refractivity contribution in [2.75, 3.05) is 0 Å². The maximum absolute atomic E-state index is 12.6. The van der Waals surface area contributed by atoms with Gasteiger partial charge in [-0.25, -0.2) is 4.79 Å². The molecule has 3 rings (SSSR count). The van der Waals surface area contributed by atoms with Crippen molar-refractivity contribution in [2.45, 2.75) is 13.8 Å². The number of carboxylic acid groups (broad SMARTS) is 1. The average Bonchev–Trinajstić information content (AvgIpc) is 2.85. The summed E-state index contributed by atoms with van der Waals surface area (Å²) >= 11 is 0. The fourth-order valence-electron chi connectivity index (χ4n) is 2.55. The van der Waals surface area contributed by atoms with E-state index < -0.39 is 5.97 Å². The fourth-order valence-corrected chi connectivity index (χ4v) is 2.55. The number of hydrogen-bond acceptors (Lipinski definition) is 2. The smallest absolute Gasteiger partial charge is 0.338 e. The lowest BCUT2D eigenvalue weighted by Gasteiger charge is -2.01. The van der Waals surface area contributed by atoms with E-state index in [1.165, 1.54) is 0 Å². The molecule has 0 aliphatic heterocycles. The Kier molecular flexibility index (Phi) is 3.29. The first-order valence-electron chi connectivity index (χ1n) is 6.94. The quantitative estimate of drug-likeness (QED) is 0.723. The Morgan fingerprint density at radius 2 is 1.59 bits per heavy atom. The van der Waals surface area contributed by atoms with Gasteiger partial charge in [-0.15, -0.1) is 0 Å². The molecule has 0 aliphatic carbocycles. The molecule has 4 heteroatoms. The maximum atomic E-state index is 12.6. The van der Waals surface area contributed by atoms with Crippen LogP contribution in [-0.4, -0.2) is 21.8 Å². The van der Waals surface area contributed by atoms with Crippen LogP contribution < -0.4 is 0 Å². The molecule has 2 aromatic carbocycles. The van der Waals surface area contributed by atoms with Crippen LogP contribution in [0.1, 0.15) is 37.5 Å². The van der Waals surface area contributed by atoms with Crippen LogP contribution in [0.5, 0.6) is 0 Å². The van der Waals surface area contributed by atoms with Gasteiger partial charge in [-0.05, 0) is 26.0 Å². The van der Waals surface area contributed by atoms with Crippen molar-refractivity contribution in [3.63, 3.8) is 0 Å². The largest absolute Gasteiger partial charge is 0.478 e. The molecule has 0 radical (unpaired) electrons. The summed E-state index contributed by atoms with van der Waals surface area (Å²) in [5, 5.41) is 10.1. The van der Waals surface area contributed by atoms with Crippen LogP contribution in [0.2, 0.25) is 0 Å².